The zero-order chi connectivity index (χ0) is 29.2. The van der Waals surface area contributed by atoms with E-state index in [-0.39, 0.29) is 5.92 Å². The Morgan fingerprint density at radius 3 is 0.725 bits per heavy atom. The van der Waals surface area contributed by atoms with Gasteiger partial charge >= 0.3 is 5.97 Å². The van der Waals surface area contributed by atoms with Crippen LogP contribution in [0, 0.1) is 5.92 Å². The van der Waals surface area contributed by atoms with Crippen LogP contribution in [0.5, 0.6) is 0 Å². The van der Waals surface area contributed by atoms with Gasteiger partial charge in [-0.25, -0.2) is 0 Å². The van der Waals surface area contributed by atoms with E-state index in [4.69, 9.17) is 5.11 Å². The fourth-order valence-electron chi connectivity index (χ4n) is 6.13. The van der Waals surface area contributed by atoms with E-state index in [1.165, 1.54) is 205 Å². The molecule has 0 heterocycles. The van der Waals surface area contributed by atoms with Crippen LogP contribution in [0.1, 0.15) is 232 Å². The quantitative estimate of drug-likeness (QED) is 0.0777. The molecule has 0 saturated heterocycles. The Balaban J connectivity index is 3.05. The first-order valence-corrected chi connectivity index (χ1v) is 18.9. The number of carbonyl (C=O) groups is 1. The van der Waals surface area contributed by atoms with Crippen LogP contribution in [0.15, 0.2) is 0 Å². The molecule has 0 bridgehead atoms. The summed E-state index contributed by atoms with van der Waals surface area (Å²) in [5.41, 5.74) is 0. The molecule has 0 aromatic carbocycles. The first-order chi connectivity index (χ1) is 19.7. The Morgan fingerprint density at radius 1 is 0.375 bits per heavy atom. The minimum absolute atomic E-state index is 0.168. The smallest absolute Gasteiger partial charge is 0.306 e. The highest BCUT2D eigenvalue weighted by atomic mass is 16.4. The predicted molar refractivity (Wildman–Crippen MR) is 179 cm³/mol. The van der Waals surface area contributed by atoms with Crippen molar-refractivity contribution in [2.75, 3.05) is 0 Å². The van der Waals surface area contributed by atoms with Crippen molar-refractivity contribution in [1.82, 2.24) is 0 Å². The minimum Gasteiger partial charge on any atom is -0.481 e. The lowest BCUT2D eigenvalue weighted by atomic mass is 10.0. The molecule has 0 fully saturated rings. The summed E-state index contributed by atoms with van der Waals surface area (Å²) < 4.78 is 0. The first kappa shape index (κ1) is 39.5. The third-order valence-corrected chi connectivity index (χ3v) is 9.16. The average molecular weight is 565 g/mol. The molecule has 0 aliphatic carbocycles. The molecular formula is C38H76O2. The fourth-order valence-corrected chi connectivity index (χ4v) is 6.13. The van der Waals surface area contributed by atoms with Crippen LogP contribution in [0.25, 0.3) is 0 Å². The Bertz CT molecular complexity index is 474. The molecule has 0 spiro atoms. The van der Waals surface area contributed by atoms with E-state index >= 15 is 0 Å². The molecule has 40 heavy (non-hydrogen) atoms. The van der Waals surface area contributed by atoms with Gasteiger partial charge in [0.15, 0.2) is 0 Å². The van der Waals surface area contributed by atoms with Gasteiger partial charge in [-0.3, -0.25) is 4.79 Å². The highest BCUT2D eigenvalue weighted by Gasteiger charge is 2.09. The molecular weight excluding hydrogens is 488 g/mol. The molecule has 0 amide bonds. The SMILES string of the molecule is CCCCCCCCCCCCCCCCCCCCCCCCCCCCCCCCCCCC(C)C(=O)O. The maximum Gasteiger partial charge on any atom is 0.306 e. The summed E-state index contributed by atoms with van der Waals surface area (Å²) in [5, 5.41) is 8.90. The number of carboxylic acid groups (broad SMARTS) is 1. The highest BCUT2D eigenvalue weighted by Crippen LogP contribution is 2.17. The Labute approximate surface area is 253 Å². The summed E-state index contributed by atoms with van der Waals surface area (Å²) in [7, 11) is 0. The van der Waals surface area contributed by atoms with Crippen LogP contribution < -0.4 is 0 Å². The molecule has 2 heteroatoms. The normalized spacial score (nSPS) is 12.2. The van der Waals surface area contributed by atoms with Crippen molar-refractivity contribution in [3.05, 3.63) is 0 Å². The van der Waals surface area contributed by atoms with Crippen LogP contribution in [0.4, 0.5) is 0 Å². The molecule has 0 aromatic rings. The van der Waals surface area contributed by atoms with Gasteiger partial charge in [0.1, 0.15) is 0 Å². The van der Waals surface area contributed by atoms with Crippen molar-refractivity contribution >= 4 is 5.97 Å². The van der Waals surface area contributed by atoms with Gasteiger partial charge < -0.3 is 5.11 Å². The third kappa shape index (κ3) is 33.7. The molecule has 240 valence electrons. The minimum atomic E-state index is -0.643. The van der Waals surface area contributed by atoms with E-state index in [1.54, 1.807) is 0 Å². The van der Waals surface area contributed by atoms with Crippen molar-refractivity contribution < 1.29 is 9.90 Å². The zero-order valence-corrected chi connectivity index (χ0v) is 28.0. The number of carboxylic acids is 1. The van der Waals surface area contributed by atoms with Gasteiger partial charge in [-0.1, -0.05) is 226 Å². The molecule has 2 nitrogen and oxygen atoms in total. The van der Waals surface area contributed by atoms with Crippen LogP contribution >= 0.6 is 0 Å². The topological polar surface area (TPSA) is 37.3 Å². The molecule has 0 aromatic heterocycles. The summed E-state index contributed by atoms with van der Waals surface area (Å²) in [6, 6.07) is 0. The standard InChI is InChI=1S/C38H76O2/c1-3-4-5-6-7-8-9-10-11-12-13-14-15-16-17-18-19-20-21-22-23-24-25-26-27-28-29-30-31-32-33-34-35-36-37(2)38(39)40/h37H,3-36H2,1-2H3,(H,39,40). The van der Waals surface area contributed by atoms with Crippen molar-refractivity contribution in [2.24, 2.45) is 5.92 Å². The molecule has 1 N–H and O–H groups in total. The Kier molecular flexibility index (Phi) is 34.2. The van der Waals surface area contributed by atoms with Crippen molar-refractivity contribution in [3.8, 4) is 0 Å². The lowest BCUT2D eigenvalue weighted by Crippen LogP contribution is -2.08. The highest BCUT2D eigenvalue weighted by molar-refractivity contribution is 5.69. The van der Waals surface area contributed by atoms with E-state index in [9.17, 15) is 4.79 Å². The lowest BCUT2D eigenvalue weighted by molar-refractivity contribution is -0.141. The number of rotatable bonds is 35. The molecule has 0 saturated carbocycles. The number of unbranched alkanes of at least 4 members (excludes halogenated alkanes) is 32. The van der Waals surface area contributed by atoms with Crippen LogP contribution in [-0.4, -0.2) is 11.1 Å². The molecule has 0 rings (SSSR count). The molecule has 1 atom stereocenters. The van der Waals surface area contributed by atoms with Gasteiger partial charge in [0.2, 0.25) is 0 Å². The van der Waals surface area contributed by atoms with E-state index in [2.05, 4.69) is 6.92 Å². The van der Waals surface area contributed by atoms with E-state index < -0.39 is 5.97 Å². The Hall–Kier alpha value is -0.530. The average Bonchev–Trinajstić information content (AvgIpc) is 2.95. The van der Waals surface area contributed by atoms with E-state index in [0.717, 1.165) is 12.8 Å². The lowest BCUT2D eigenvalue weighted by Gasteiger charge is -2.06. The second-order valence-electron chi connectivity index (χ2n) is 13.3. The van der Waals surface area contributed by atoms with Gasteiger partial charge in [-0.15, -0.1) is 0 Å². The maximum atomic E-state index is 10.8. The second kappa shape index (κ2) is 34.7. The Morgan fingerprint density at radius 2 is 0.550 bits per heavy atom. The molecule has 0 aliphatic rings. The van der Waals surface area contributed by atoms with Gasteiger partial charge in [-0.05, 0) is 6.42 Å². The van der Waals surface area contributed by atoms with Crippen molar-refractivity contribution in [3.63, 3.8) is 0 Å². The van der Waals surface area contributed by atoms with Crippen molar-refractivity contribution in [1.29, 1.82) is 0 Å². The summed E-state index contributed by atoms with van der Waals surface area (Å²) >= 11 is 0. The number of aliphatic carboxylic acids is 1. The largest absolute Gasteiger partial charge is 0.481 e. The summed E-state index contributed by atoms with van der Waals surface area (Å²) in [6.45, 7) is 4.13. The zero-order valence-electron chi connectivity index (χ0n) is 28.0. The predicted octanol–water partition coefficient (Wildman–Crippen LogP) is 14.0. The number of hydrogen-bond acceptors (Lipinski definition) is 1. The molecule has 0 aliphatic heterocycles. The maximum absolute atomic E-state index is 10.8. The van der Waals surface area contributed by atoms with E-state index in [1.807, 2.05) is 6.92 Å². The van der Waals surface area contributed by atoms with Gasteiger partial charge in [-0.2, -0.15) is 0 Å². The molecule has 1 unspecified atom stereocenters. The monoisotopic (exact) mass is 565 g/mol. The summed E-state index contributed by atoms with van der Waals surface area (Å²) in [4.78, 5) is 10.8. The van der Waals surface area contributed by atoms with Crippen LogP contribution in [0.2, 0.25) is 0 Å². The van der Waals surface area contributed by atoms with Gasteiger partial charge in [0.05, 0.1) is 5.92 Å². The summed E-state index contributed by atoms with van der Waals surface area (Å²) in [5.74, 6) is -0.811. The van der Waals surface area contributed by atoms with Gasteiger partial charge in [0, 0.05) is 0 Å². The third-order valence-electron chi connectivity index (χ3n) is 9.16. The van der Waals surface area contributed by atoms with Crippen LogP contribution in [0.3, 0.4) is 0 Å². The van der Waals surface area contributed by atoms with E-state index in [0.29, 0.717) is 0 Å². The van der Waals surface area contributed by atoms with Gasteiger partial charge in [0.25, 0.3) is 0 Å². The second-order valence-corrected chi connectivity index (χ2v) is 13.3. The first-order valence-electron chi connectivity index (χ1n) is 18.9. The van der Waals surface area contributed by atoms with Crippen LogP contribution in [-0.2, 0) is 4.79 Å². The number of hydrogen-bond donors (Lipinski definition) is 1. The fraction of sp³-hybridized carbons (Fsp3) is 0.974. The van der Waals surface area contributed by atoms with Crippen molar-refractivity contribution in [2.45, 2.75) is 232 Å². The summed E-state index contributed by atoms with van der Waals surface area (Å²) in [6.07, 6.45) is 48.0. The molecule has 0 radical (unpaired) electrons.